The summed E-state index contributed by atoms with van der Waals surface area (Å²) < 4.78 is 1.91. The molecule has 0 aliphatic carbocycles. The number of rotatable bonds is 5. The molecule has 16 heavy (non-hydrogen) atoms. The molecule has 1 unspecified atom stereocenters. The van der Waals surface area contributed by atoms with Crippen molar-refractivity contribution in [2.75, 3.05) is 6.54 Å². The summed E-state index contributed by atoms with van der Waals surface area (Å²) in [6.45, 7) is 2.34. The Hall–Kier alpha value is -1.83. The highest BCUT2D eigenvalue weighted by Gasteiger charge is 2.14. The Kier molecular flexibility index (Phi) is 4.52. The second kappa shape index (κ2) is 5.91. The van der Waals surface area contributed by atoms with Gasteiger partial charge in [-0.3, -0.25) is 4.79 Å². The number of aromatic nitrogens is 2. The molecule has 0 aliphatic heterocycles. The molecule has 1 aromatic rings. The molecule has 1 amide bonds. The van der Waals surface area contributed by atoms with Crippen LogP contribution in [0.1, 0.15) is 19.2 Å². The molecule has 1 atom stereocenters. The van der Waals surface area contributed by atoms with E-state index in [1.54, 1.807) is 6.20 Å². The SMILES string of the molecule is CCC(C#N)C(=O)NCCc1nccn1C. The van der Waals surface area contributed by atoms with Crippen LogP contribution in [0.15, 0.2) is 12.4 Å². The first-order chi connectivity index (χ1) is 7.69. The number of hydrogen-bond donors (Lipinski definition) is 1. The van der Waals surface area contributed by atoms with Crippen molar-refractivity contribution in [3.05, 3.63) is 18.2 Å². The minimum atomic E-state index is -0.540. The third-order valence-corrected chi connectivity index (χ3v) is 2.45. The number of carbonyl (C=O) groups is 1. The number of carbonyl (C=O) groups excluding carboxylic acids is 1. The molecule has 1 heterocycles. The van der Waals surface area contributed by atoms with Crippen molar-refractivity contribution < 1.29 is 4.79 Å². The molecule has 0 aromatic carbocycles. The monoisotopic (exact) mass is 220 g/mol. The van der Waals surface area contributed by atoms with Crippen molar-refractivity contribution in [2.24, 2.45) is 13.0 Å². The van der Waals surface area contributed by atoms with Gasteiger partial charge in [-0.05, 0) is 6.42 Å². The topological polar surface area (TPSA) is 70.7 Å². The Morgan fingerprint density at radius 2 is 2.50 bits per heavy atom. The maximum Gasteiger partial charge on any atom is 0.237 e. The zero-order valence-electron chi connectivity index (χ0n) is 9.60. The third-order valence-electron chi connectivity index (χ3n) is 2.45. The molecule has 1 N–H and O–H groups in total. The molecule has 1 rings (SSSR count). The highest BCUT2D eigenvalue weighted by Crippen LogP contribution is 2.00. The van der Waals surface area contributed by atoms with Crippen LogP contribution in [0.3, 0.4) is 0 Å². The van der Waals surface area contributed by atoms with Gasteiger partial charge in [-0.15, -0.1) is 0 Å². The second-order valence-corrected chi connectivity index (χ2v) is 3.59. The zero-order valence-corrected chi connectivity index (χ0v) is 9.60. The maximum atomic E-state index is 11.5. The van der Waals surface area contributed by atoms with Gasteiger partial charge in [-0.2, -0.15) is 5.26 Å². The Morgan fingerprint density at radius 1 is 1.75 bits per heavy atom. The van der Waals surface area contributed by atoms with Crippen molar-refractivity contribution in [1.29, 1.82) is 5.26 Å². The van der Waals surface area contributed by atoms with Crippen molar-refractivity contribution in [1.82, 2.24) is 14.9 Å². The molecule has 1 aromatic heterocycles. The number of nitrogens with zero attached hydrogens (tertiary/aromatic N) is 3. The first kappa shape index (κ1) is 12.2. The highest BCUT2D eigenvalue weighted by molar-refractivity contribution is 5.80. The molecular formula is C11H16N4O. The average Bonchev–Trinajstić information content (AvgIpc) is 2.66. The maximum absolute atomic E-state index is 11.5. The number of nitriles is 1. The van der Waals surface area contributed by atoms with Gasteiger partial charge in [0.1, 0.15) is 11.7 Å². The van der Waals surface area contributed by atoms with Crippen LogP contribution in [0.5, 0.6) is 0 Å². The van der Waals surface area contributed by atoms with Gasteiger partial charge in [-0.25, -0.2) is 4.98 Å². The summed E-state index contributed by atoms with van der Waals surface area (Å²) in [5.41, 5.74) is 0. The fraction of sp³-hybridized carbons (Fsp3) is 0.545. The van der Waals surface area contributed by atoms with Gasteiger partial charge < -0.3 is 9.88 Å². The highest BCUT2D eigenvalue weighted by atomic mass is 16.1. The lowest BCUT2D eigenvalue weighted by atomic mass is 10.1. The van der Waals surface area contributed by atoms with Crippen LogP contribution in [-0.2, 0) is 18.3 Å². The fourth-order valence-electron chi connectivity index (χ4n) is 1.39. The quantitative estimate of drug-likeness (QED) is 0.791. The smallest absolute Gasteiger partial charge is 0.237 e. The van der Waals surface area contributed by atoms with Gasteiger partial charge in [0.05, 0.1) is 6.07 Å². The van der Waals surface area contributed by atoms with E-state index >= 15 is 0 Å². The van der Waals surface area contributed by atoms with Crippen LogP contribution >= 0.6 is 0 Å². The first-order valence-electron chi connectivity index (χ1n) is 5.32. The lowest BCUT2D eigenvalue weighted by Crippen LogP contribution is -2.31. The van der Waals surface area contributed by atoms with Gasteiger partial charge in [0.25, 0.3) is 0 Å². The van der Waals surface area contributed by atoms with Crippen LogP contribution in [0.4, 0.5) is 0 Å². The number of aryl methyl sites for hydroxylation is 1. The summed E-state index contributed by atoms with van der Waals surface area (Å²) in [5, 5.41) is 11.4. The van der Waals surface area contributed by atoms with E-state index in [-0.39, 0.29) is 5.91 Å². The van der Waals surface area contributed by atoms with Crippen molar-refractivity contribution in [3.63, 3.8) is 0 Å². The third kappa shape index (κ3) is 3.09. The Bertz CT molecular complexity index is 391. The zero-order chi connectivity index (χ0) is 12.0. The van der Waals surface area contributed by atoms with Gasteiger partial charge in [0.15, 0.2) is 0 Å². The Balaban J connectivity index is 2.34. The summed E-state index contributed by atoms with van der Waals surface area (Å²) in [4.78, 5) is 15.6. The summed E-state index contributed by atoms with van der Waals surface area (Å²) in [5.74, 6) is 0.186. The molecule has 86 valence electrons. The summed E-state index contributed by atoms with van der Waals surface area (Å²) in [6, 6.07) is 1.97. The molecule has 0 saturated heterocycles. The molecule has 5 nitrogen and oxygen atoms in total. The van der Waals surface area contributed by atoms with Crippen LogP contribution < -0.4 is 5.32 Å². The Morgan fingerprint density at radius 3 is 3.00 bits per heavy atom. The molecule has 0 radical (unpaired) electrons. The lowest BCUT2D eigenvalue weighted by molar-refractivity contribution is -0.123. The fourth-order valence-corrected chi connectivity index (χ4v) is 1.39. The second-order valence-electron chi connectivity index (χ2n) is 3.59. The van der Waals surface area contributed by atoms with E-state index in [4.69, 9.17) is 5.26 Å². The Labute approximate surface area is 95.1 Å². The van der Waals surface area contributed by atoms with Crippen molar-refractivity contribution in [2.45, 2.75) is 19.8 Å². The molecule has 0 spiro atoms. The molecule has 0 aliphatic rings. The predicted molar refractivity (Wildman–Crippen MR) is 59.3 cm³/mol. The molecular weight excluding hydrogens is 204 g/mol. The van der Waals surface area contributed by atoms with Gasteiger partial charge in [0.2, 0.25) is 5.91 Å². The van der Waals surface area contributed by atoms with Gasteiger partial charge >= 0.3 is 0 Å². The summed E-state index contributed by atoms with van der Waals surface area (Å²) >= 11 is 0. The van der Waals surface area contributed by atoms with Gasteiger partial charge in [-0.1, -0.05) is 6.92 Å². The number of hydrogen-bond acceptors (Lipinski definition) is 3. The van der Waals surface area contributed by atoms with E-state index in [2.05, 4.69) is 10.3 Å². The predicted octanol–water partition coefficient (Wildman–Crippen LogP) is 0.629. The molecule has 5 heteroatoms. The summed E-state index contributed by atoms with van der Waals surface area (Å²) in [7, 11) is 1.91. The minimum absolute atomic E-state index is 0.195. The standard InChI is InChI=1S/C11H16N4O/c1-3-9(8-12)11(16)14-5-4-10-13-6-7-15(10)2/h6-7,9H,3-5H2,1-2H3,(H,14,16). The van der Waals surface area contributed by atoms with E-state index in [1.807, 2.05) is 30.8 Å². The minimum Gasteiger partial charge on any atom is -0.355 e. The van der Waals surface area contributed by atoms with Crippen LogP contribution in [0.2, 0.25) is 0 Å². The number of amides is 1. The van der Waals surface area contributed by atoms with E-state index < -0.39 is 5.92 Å². The lowest BCUT2D eigenvalue weighted by Gasteiger charge is -2.07. The molecule has 0 bridgehead atoms. The van der Waals surface area contributed by atoms with Crippen molar-refractivity contribution >= 4 is 5.91 Å². The largest absolute Gasteiger partial charge is 0.355 e. The van der Waals surface area contributed by atoms with E-state index in [1.165, 1.54) is 0 Å². The molecule has 0 fully saturated rings. The van der Waals surface area contributed by atoms with Crippen LogP contribution in [0, 0.1) is 17.2 Å². The van der Waals surface area contributed by atoms with E-state index in [0.29, 0.717) is 19.4 Å². The van der Waals surface area contributed by atoms with Crippen molar-refractivity contribution in [3.8, 4) is 6.07 Å². The summed E-state index contributed by atoms with van der Waals surface area (Å²) in [6.07, 6.45) is 4.81. The van der Waals surface area contributed by atoms with E-state index in [0.717, 1.165) is 5.82 Å². The van der Waals surface area contributed by atoms with Gasteiger partial charge in [0, 0.05) is 32.4 Å². The first-order valence-corrected chi connectivity index (χ1v) is 5.32. The van der Waals surface area contributed by atoms with Crippen LogP contribution in [0.25, 0.3) is 0 Å². The average molecular weight is 220 g/mol. The number of imidazole rings is 1. The van der Waals surface area contributed by atoms with Crippen LogP contribution in [-0.4, -0.2) is 22.0 Å². The molecule has 0 saturated carbocycles. The number of nitrogens with one attached hydrogen (secondary N) is 1. The van der Waals surface area contributed by atoms with E-state index in [9.17, 15) is 4.79 Å². The normalized spacial score (nSPS) is 11.8.